The lowest BCUT2D eigenvalue weighted by Crippen LogP contribution is -2.29. The first-order chi connectivity index (χ1) is 11.2. The molecule has 1 atom stereocenters. The second-order valence-electron chi connectivity index (χ2n) is 5.90. The van der Waals surface area contributed by atoms with Crippen LogP contribution in [0.1, 0.15) is 23.5 Å². The molecule has 0 unspecified atom stereocenters. The van der Waals surface area contributed by atoms with Gasteiger partial charge in [0.25, 0.3) is 0 Å². The van der Waals surface area contributed by atoms with Gasteiger partial charge in [0.15, 0.2) is 0 Å². The topological polar surface area (TPSA) is 29.5 Å². The normalized spacial score (nSPS) is 17.3. The summed E-state index contributed by atoms with van der Waals surface area (Å²) in [6, 6.07) is 14.2. The van der Waals surface area contributed by atoms with Crippen molar-refractivity contribution in [3.8, 4) is 5.75 Å². The maximum atomic E-state index is 12.9. The van der Waals surface area contributed by atoms with E-state index in [1.54, 1.807) is 19.2 Å². The summed E-state index contributed by atoms with van der Waals surface area (Å²) in [6.45, 7) is 1.52. The molecular weight excluding hydrogens is 293 g/mol. The molecule has 0 aromatic heterocycles. The molecule has 4 heteroatoms. The van der Waals surface area contributed by atoms with Crippen molar-refractivity contribution in [1.29, 1.82) is 0 Å². The van der Waals surface area contributed by atoms with E-state index < -0.39 is 0 Å². The van der Waals surface area contributed by atoms with E-state index in [0.29, 0.717) is 12.3 Å². The molecule has 1 saturated heterocycles. The highest BCUT2D eigenvalue weighted by Gasteiger charge is 2.27. The Balaban J connectivity index is 1.60. The molecule has 1 aliphatic rings. The Bertz CT molecular complexity index is 667. The number of rotatable bonds is 4. The SMILES string of the molecule is COc1ccc([C@H]2CCN(C(=O)Cc3ccc(F)cc3)C2)cc1. The molecule has 120 valence electrons. The molecule has 2 aromatic rings. The Morgan fingerprint density at radius 3 is 2.52 bits per heavy atom. The fourth-order valence-electron chi connectivity index (χ4n) is 3.02. The minimum Gasteiger partial charge on any atom is -0.497 e. The van der Waals surface area contributed by atoms with Crippen molar-refractivity contribution in [2.45, 2.75) is 18.8 Å². The summed E-state index contributed by atoms with van der Waals surface area (Å²) in [5.74, 6) is 1.05. The number of hydrogen-bond acceptors (Lipinski definition) is 2. The van der Waals surface area contributed by atoms with Gasteiger partial charge in [0.1, 0.15) is 11.6 Å². The number of halogens is 1. The molecular formula is C19H20FNO2. The van der Waals surface area contributed by atoms with Gasteiger partial charge in [0, 0.05) is 19.0 Å². The average molecular weight is 313 g/mol. The van der Waals surface area contributed by atoms with Gasteiger partial charge in [0.2, 0.25) is 5.91 Å². The van der Waals surface area contributed by atoms with Crippen LogP contribution in [0, 0.1) is 5.82 Å². The largest absolute Gasteiger partial charge is 0.497 e. The van der Waals surface area contributed by atoms with Gasteiger partial charge >= 0.3 is 0 Å². The highest BCUT2D eigenvalue weighted by molar-refractivity contribution is 5.79. The predicted octanol–water partition coefficient (Wildman–Crippen LogP) is 3.39. The predicted molar refractivity (Wildman–Crippen MR) is 87.0 cm³/mol. The van der Waals surface area contributed by atoms with E-state index in [1.165, 1.54) is 17.7 Å². The van der Waals surface area contributed by atoms with E-state index in [4.69, 9.17) is 4.74 Å². The lowest BCUT2D eigenvalue weighted by Gasteiger charge is -2.17. The van der Waals surface area contributed by atoms with Gasteiger partial charge in [-0.05, 0) is 41.8 Å². The van der Waals surface area contributed by atoms with Crippen molar-refractivity contribution in [2.24, 2.45) is 0 Å². The number of carbonyl (C=O) groups is 1. The summed E-state index contributed by atoms with van der Waals surface area (Å²) in [7, 11) is 1.65. The Morgan fingerprint density at radius 2 is 1.87 bits per heavy atom. The van der Waals surface area contributed by atoms with Crippen LogP contribution in [0.5, 0.6) is 5.75 Å². The number of hydrogen-bond donors (Lipinski definition) is 0. The molecule has 0 N–H and O–H groups in total. The number of amides is 1. The van der Waals surface area contributed by atoms with Crippen LogP contribution in [-0.2, 0) is 11.2 Å². The van der Waals surface area contributed by atoms with Crippen molar-refractivity contribution in [2.75, 3.05) is 20.2 Å². The Hall–Kier alpha value is -2.36. The molecule has 0 spiro atoms. The summed E-state index contributed by atoms with van der Waals surface area (Å²) < 4.78 is 18.1. The zero-order valence-corrected chi connectivity index (χ0v) is 13.2. The lowest BCUT2D eigenvalue weighted by molar-refractivity contribution is -0.129. The molecule has 1 fully saturated rings. The number of ether oxygens (including phenoxy) is 1. The van der Waals surface area contributed by atoms with Gasteiger partial charge in [-0.3, -0.25) is 4.79 Å². The highest BCUT2D eigenvalue weighted by Crippen LogP contribution is 2.28. The Kier molecular flexibility index (Phi) is 4.60. The second-order valence-corrected chi connectivity index (χ2v) is 5.90. The average Bonchev–Trinajstić information content (AvgIpc) is 3.07. The quantitative estimate of drug-likeness (QED) is 0.866. The third-order valence-corrected chi connectivity index (χ3v) is 4.40. The van der Waals surface area contributed by atoms with Crippen LogP contribution < -0.4 is 4.74 Å². The first-order valence-corrected chi connectivity index (χ1v) is 7.82. The Labute approximate surface area is 135 Å². The van der Waals surface area contributed by atoms with Crippen LogP contribution in [0.2, 0.25) is 0 Å². The highest BCUT2D eigenvalue weighted by atomic mass is 19.1. The molecule has 23 heavy (non-hydrogen) atoms. The zero-order chi connectivity index (χ0) is 16.2. The number of benzene rings is 2. The van der Waals surface area contributed by atoms with Crippen molar-refractivity contribution >= 4 is 5.91 Å². The third-order valence-electron chi connectivity index (χ3n) is 4.40. The van der Waals surface area contributed by atoms with Crippen LogP contribution in [0.15, 0.2) is 48.5 Å². The third kappa shape index (κ3) is 3.70. The maximum absolute atomic E-state index is 12.9. The number of nitrogens with zero attached hydrogens (tertiary/aromatic N) is 1. The summed E-state index contributed by atoms with van der Waals surface area (Å²) in [6.07, 6.45) is 1.30. The molecule has 0 saturated carbocycles. The zero-order valence-electron chi connectivity index (χ0n) is 13.2. The van der Waals surface area contributed by atoms with Gasteiger partial charge in [-0.15, -0.1) is 0 Å². The molecule has 1 heterocycles. The van der Waals surface area contributed by atoms with Crippen LogP contribution in [-0.4, -0.2) is 31.0 Å². The van der Waals surface area contributed by atoms with Gasteiger partial charge in [0.05, 0.1) is 13.5 Å². The minimum atomic E-state index is -0.276. The van der Waals surface area contributed by atoms with E-state index in [0.717, 1.165) is 30.8 Å². The smallest absolute Gasteiger partial charge is 0.227 e. The fourth-order valence-corrected chi connectivity index (χ4v) is 3.02. The second kappa shape index (κ2) is 6.82. The van der Waals surface area contributed by atoms with Crippen LogP contribution >= 0.6 is 0 Å². The van der Waals surface area contributed by atoms with Crippen LogP contribution in [0.3, 0.4) is 0 Å². The summed E-state index contributed by atoms with van der Waals surface area (Å²) in [4.78, 5) is 14.3. The molecule has 2 aromatic carbocycles. The minimum absolute atomic E-state index is 0.104. The maximum Gasteiger partial charge on any atom is 0.227 e. The molecule has 1 amide bonds. The number of methoxy groups -OCH3 is 1. The fraction of sp³-hybridized carbons (Fsp3) is 0.316. The van der Waals surface area contributed by atoms with Gasteiger partial charge in [-0.25, -0.2) is 4.39 Å². The molecule has 0 aliphatic carbocycles. The molecule has 1 aliphatic heterocycles. The Morgan fingerprint density at radius 1 is 1.17 bits per heavy atom. The lowest BCUT2D eigenvalue weighted by atomic mass is 9.98. The summed E-state index contributed by atoms with van der Waals surface area (Å²) in [5.41, 5.74) is 2.09. The number of carbonyl (C=O) groups excluding carboxylic acids is 1. The first kappa shape index (κ1) is 15.5. The van der Waals surface area contributed by atoms with E-state index in [1.807, 2.05) is 17.0 Å². The summed E-state index contributed by atoms with van der Waals surface area (Å²) in [5, 5.41) is 0. The van der Waals surface area contributed by atoms with E-state index in [9.17, 15) is 9.18 Å². The van der Waals surface area contributed by atoms with Crippen molar-refractivity contribution in [3.63, 3.8) is 0 Å². The van der Waals surface area contributed by atoms with E-state index in [2.05, 4.69) is 12.1 Å². The van der Waals surface area contributed by atoms with Crippen molar-refractivity contribution in [1.82, 2.24) is 4.90 Å². The van der Waals surface area contributed by atoms with Crippen LogP contribution in [0.4, 0.5) is 4.39 Å². The monoisotopic (exact) mass is 313 g/mol. The molecule has 3 nitrogen and oxygen atoms in total. The van der Waals surface area contributed by atoms with Gasteiger partial charge in [-0.2, -0.15) is 0 Å². The van der Waals surface area contributed by atoms with Gasteiger partial charge < -0.3 is 9.64 Å². The standard InChI is InChI=1S/C19H20FNO2/c1-23-18-8-4-15(5-9-18)16-10-11-21(13-16)19(22)12-14-2-6-17(20)7-3-14/h2-9,16H,10-13H2,1H3/t16-/m0/s1. The van der Waals surface area contributed by atoms with Crippen molar-refractivity contribution in [3.05, 3.63) is 65.5 Å². The summed E-state index contributed by atoms with van der Waals surface area (Å²) >= 11 is 0. The van der Waals surface area contributed by atoms with Crippen LogP contribution in [0.25, 0.3) is 0 Å². The molecule has 3 rings (SSSR count). The van der Waals surface area contributed by atoms with E-state index in [-0.39, 0.29) is 11.7 Å². The molecule has 0 radical (unpaired) electrons. The first-order valence-electron chi connectivity index (χ1n) is 7.82. The number of likely N-dealkylation sites (tertiary alicyclic amines) is 1. The van der Waals surface area contributed by atoms with E-state index >= 15 is 0 Å². The molecule has 0 bridgehead atoms. The van der Waals surface area contributed by atoms with Crippen molar-refractivity contribution < 1.29 is 13.9 Å². The van der Waals surface area contributed by atoms with Gasteiger partial charge in [-0.1, -0.05) is 24.3 Å².